The van der Waals surface area contributed by atoms with Crippen LogP contribution >= 0.6 is 0 Å². The molecule has 0 saturated heterocycles. The fourth-order valence-electron chi connectivity index (χ4n) is 2.74. The van der Waals surface area contributed by atoms with Gasteiger partial charge in [-0.2, -0.15) is 5.10 Å². The minimum Gasteiger partial charge on any atom is -0.303 e. The summed E-state index contributed by atoms with van der Waals surface area (Å²) in [6, 6.07) is 18.7. The van der Waals surface area contributed by atoms with Gasteiger partial charge in [0.05, 0.1) is 5.69 Å². The molecule has 0 bridgehead atoms. The van der Waals surface area contributed by atoms with E-state index in [2.05, 4.69) is 27.6 Å². The standard InChI is InChI=1S/C23H24N4O2/c1-15(23(2,3)4)24-26-21(28)19-18(16-11-7-5-8-12-16)20(25-27-22(19)29)17-13-9-6-10-14-17/h5-14,24H,1H2,2-4H3,(H,26,28)(H,27,29). The molecular formula is C23H24N4O2. The minimum absolute atomic E-state index is 0.0146. The molecule has 3 rings (SSSR count). The first-order valence-corrected chi connectivity index (χ1v) is 9.28. The molecule has 1 heterocycles. The van der Waals surface area contributed by atoms with Crippen LogP contribution in [-0.2, 0) is 0 Å². The van der Waals surface area contributed by atoms with Gasteiger partial charge < -0.3 is 5.43 Å². The Morgan fingerprint density at radius 3 is 2.03 bits per heavy atom. The predicted molar refractivity (Wildman–Crippen MR) is 115 cm³/mol. The highest BCUT2D eigenvalue weighted by molar-refractivity contribution is 6.03. The summed E-state index contributed by atoms with van der Waals surface area (Å²) in [4.78, 5) is 25.7. The molecule has 3 N–H and O–H groups in total. The van der Waals surface area contributed by atoms with Crippen molar-refractivity contribution in [3.8, 4) is 22.4 Å². The van der Waals surface area contributed by atoms with Crippen molar-refractivity contribution in [2.24, 2.45) is 5.41 Å². The van der Waals surface area contributed by atoms with Gasteiger partial charge in [0.15, 0.2) is 0 Å². The van der Waals surface area contributed by atoms with Gasteiger partial charge in [-0.1, -0.05) is 88.0 Å². The number of nitrogens with zero attached hydrogens (tertiary/aromatic N) is 1. The van der Waals surface area contributed by atoms with Crippen LogP contribution in [0.25, 0.3) is 22.4 Å². The van der Waals surface area contributed by atoms with Crippen LogP contribution in [0.15, 0.2) is 77.7 Å². The monoisotopic (exact) mass is 388 g/mol. The maximum atomic E-state index is 13.0. The number of aromatic amines is 1. The van der Waals surface area contributed by atoms with Gasteiger partial charge in [-0.05, 0) is 5.56 Å². The number of hydrogen-bond acceptors (Lipinski definition) is 4. The second-order valence-electron chi connectivity index (χ2n) is 7.69. The van der Waals surface area contributed by atoms with E-state index >= 15 is 0 Å². The number of H-pyrrole nitrogens is 1. The fraction of sp³-hybridized carbons (Fsp3) is 0.174. The van der Waals surface area contributed by atoms with Gasteiger partial charge in [0.2, 0.25) is 0 Å². The van der Waals surface area contributed by atoms with Gasteiger partial charge in [0.25, 0.3) is 11.5 Å². The first kappa shape index (κ1) is 20.1. The lowest BCUT2D eigenvalue weighted by Gasteiger charge is -2.23. The smallest absolute Gasteiger partial charge is 0.277 e. The molecule has 0 spiro atoms. The van der Waals surface area contributed by atoms with Crippen molar-refractivity contribution in [2.45, 2.75) is 20.8 Å². The van der Waals surface area contributed by atoms with Crippen molar-refractivity contribution in [3.05, 3.63) is 88.9 Å². The SMILES string of the molecule is C=C(NNC(=O)c1c(-c2ccccc2)c(-c2ccccc2)n[nH]c1=O)C(C)(C)C. The van der Waals surface area contributed by atoms with E-state index in [0.717, 1.165) is 11.1 Å². The van der Waals surface area contributed by atoms with Crippen molar-refractivity contribution >= 4 is 5.91 Å². The third-order valence-corrected chi connectivity index (χ3v) is 4.55. The molecule has 1 amide bonds. The molecule has 0 aliphatic rings. The maximum absolute atomic E-state index is 13.0. The van der Waals surface area contributed by atoms with Gasteiger partial charge in [-0.15, -0.1) is 0 Å². The van der Waals surface area contributed by atoms with Gasteiger partial charge in [-0.25, -0.2) is 5.10 Å². The molecule has 29 heavy (non-hydrogen) atoms. The molecule has 0 radical (unpaired) electrons. The van der Waals surface area contributed by atoms with Crippen molar-refractivity contribution < 1.29 is 4.79 Å². The molecule has 3 aromatic rings. The number of rotatable bonds is 5. The summed E-state index contributed by atoms with van der Waals surface area (Å²) in [6.07, 6.45) is 0. The largest absolute Gasteiger partial charge is 0.303 e. The molecule has 0 atom stereocenters. The summed E-state index contributed by atoms with van der Waals surface area (Å²) >= 11 is 0. The Kier molecular flexibility index (Phi) is 5.64. The Morgan fingerprint density at radius 1 is 0.931 bits per heavy atom. The Balaban J connectivity index is 2.12. The third-order valence-electron chi connectivity index (χ3n) is 4.55. The van der Waals surface area contributed by atoms with Crippen LogP contribution in [0.4, 0.5) is 0 Å². The quantitative estimate of drug-likeness (QED) is 0.579. The molecular weight excluding hydrogens is 364 g/mol. The normalized spacial score (nSPS) is 11.0. The Bertz CT molecular complexity index is 1080. The zero-order valence-electron chi connectivity index (χ0n) is 16.7. The number of hydrogen-bond donors (Lipinski definition) is 3. The van der Waals surface area contributed by atoms with Crippen LogP contribution < -0.4 is 16.4 Å². The highest BCUT2D eigenvalue weighted by atomic mass is 16.2. The molecule has 0 aliphatic carbocycles. The predicted octanol–water partition coefficient (Wildman–Crippen LogP) is 3.90. The van der Waals surface area contributed by atoms with Gasteiger partial charge in [0.1, 0.15) is 5.56 Å². The molecule has 0 aliphatic heterocycles. The topological polar surface area (TPSA) is 86.9 Å². The molecule has 2 aromatic carbocycles. The zero-order chi connectivity index (χ0) is 21.0. The minimum atomic E-state index is -0.566. The van der Waals surface area contributed by atoms with Crippen molar-refractivity contribution in [3.63, 3.8) is 0 Å². The van der Waals surface area contributed by atoms with Crippen molar-refractivity contribution in [1.82, 2.24) is 21.0 Å². The zero-order valence-corrected chi connectivity index (χ0v) is 16.7. The molecule has 6 heteroatoms. The Hall–Kier alpha value is -3.67. The summed E-state index contributed by atoms with van der Waals surface area (Å²) in [5, 5.41) is 6.71. The fourth-order valence-corrected chi connectivity index (χ4v) is 2.74. The summed E-state index contributed by atoms with van der Waals surface area (Å²) in [5.41, 5.74) is 7.73. The average Bonchev–Trinajstić information content (AvgIpc) is 2.72. The van der Waals surface area contributed by atoms with E-state index in [1.54, 1.807) is 0 Å². The van der Waals surface area contributed by atoms with Crippen LogP contribution in [0.2, 0.25) is 0 Å². The Morgan fingerprint density at radius 2 is 1.48 bits per heavy atom. The van der Waals surface area contributed by atoms with Crippen LogP contribution in [0.5, 0.6) is 0 Å². The van der Waals surface area contributed by atoms with Crippen LogP contribution in [-0.4, -0.2) is 16.1 Å². The van der Waals surface area contributed by atoms with Gasteiger partial charge >= 0.3 is 0 Å². The lowest BCUT2D eigenvalue weighted by molar-refractivity contribution is 0.0934. The van der Waals surface area contributed by atoms with Crippen LogP contribution in [0.1, 0.15) is 31.1 Å². The van der Waals surface area contributed by atoms with Crippen molar-refractivity contribution in [2.75, 3.05) is 0 Å². The number of benzene rings is 2. The third kappa shape index (κ3) is 4.43. The lowest BCUT2D eigenvalue weighted by atomic mass is 9.93. The number of aromatic nitrogens is 2. The molecule has 148 valence electrons. The first-order chi connectivity index (χ1) is 13.8. The second kappa shape index (κ2) is 8.14. The number of amides is 1. The molecule has 0 saturated carbocycles. The molecule has 0 fully saturated rings. The maximum Gasteiger partial charge on any atom is 0.277 e. The Labute approximate surface area is 169 Å². The highest BCUT2D eigenvalue weighted by Gasteiger charge is 2.24. The summed E-state index contributed by atoms with van der Waals surface area (Å²) in [5.74, 6) is -0.560. The first-order valence-electron chi connectivity index (χ1n) is 9.28. The molecule has 1 aromatic heterocycles. The highest BCUT2D eigenvalue weighted by Crippen LogP contribution is 2.31. The summed E-state index contributed by atoms with van der Waals surface area (Å²) < 4.78 is 0. The second-order valence-corrected chi connectivity index (χ2v) is 7.69. The molecule has 6 nitrogen and oxygen atoms in total. The van der Waals surface area contributed by atoms with Crippen molar-refractivity contribution in [1.29, 1.82) is 0 Å². The summed E-state index contributed by atoms with van der Waals surface area (Å²) in [7, 11) is 0. The number of nitrogens with one attached hydrogen (secondary N) is 3. The van der Waals surface area contributed by atoms with Gasteiger partial charge in [0, 0.05) is 22.2 Å². The number of carbonyl (C=O) groups is 1. The number of carbonyl (C=O) groups excluding carboxylic acids is 1. The van der Waals surface area contributed by atoms with Gasteiger partial charge in [-0.3, -0.25) is 15.0 Å². The van der Waals surface area contributed by atoms with E-state index in [-0.39, 0.29) is 11.0 Å². The van der Waals surface area contributed by atoms with E-state index < -0.39 is 11.5 Å². The van der Waals surface area contributed by atoms with Crippen LogP contribution in [0, 0.1) is 5.41 Å². The molecule has 0 unspecified atom stereocenters. The van der Waals surface area contributed by atoms with E-state index in [1.165, 1.54) is 0 Å². The number of hydrazine groups is 1. The van der Waals surface area contributed by atoms with E-state index in [1.807, 2.05) is 81.4 Å². The van der Waals surface area contributed by atoms with Crippen LogP contribution in [0.3, 0.4) is 0 Å². The summed E-state index contributed by atoms with van der Waals surface area (Å²) in [6.45, 7) is 9.84. The number of allylic oxidation sites excluding steroid dienone is 1. The van der Waals surface area contributed by atoms with E-state index in [9.17, 15) is 9.59 Å². The average molecular weight is 388 g/mol. The van der Waals surface area contributed by atoms with E-state index in [4.69, 9.17) is 0 Å². The van der Waals surface area contributed by atoms with E-state index in [0.29, 0.717) is 17.0 Å². The lowest BCUT2D eigenvalue weighted by Crippen LogP contribution is -2.42.